The molecule has 0 amide bonds. The fourth-order valence-corrected chi connectivity index (χ4v) is 3.45. The number of nitrogens with zero attached hydrogens (tertiary/aromatic N) is 1. The first-order valence-corrected chi connectivity index (χ1v) is 9.11. The molecule has 4 nitrogen and oxygen atoms in total. The number of rotatable bonds is 8. The molecule has 24 heavy (non-hydrogen) atoms. The summed E-state index contributed by atoms with van der Waals surface area (Å²) >= 11 is 0. The van der Waals surface area contributed by atoms with Gasteiger partial charge >= 0.3 is 5.97 Å². The molecule has 2 fully saturated rings. The lowest BCUT2D eigenvalue weighted by Crippen LogP contribution is -2.38. The largest absolute Gasteiger partial charge is 0.481 e. The third-order valence-electron chi connectivity index (χ3n) is 5.19. The minimum Gasteiger partial charge on any atom is -0.481 e. The molecular formula is C20H28N2O2. The van der Waals surface area contributed by atoms with E-state index in [-0.39, 0.29) is 6.42 Å². The number of nitrogens with one attached hydrogen (secondary N) is 1. The Morgan fingerprint density at radius 3 is 2.71 bits per heavy atom. The monoisotopic (exact) mass is 328 g/mol. The van der Waals surface area contributed by atoms with Gasteiger partial charge in [-0.1, -0.05) is 42.5 Å². The van der Waals surface area contributed by atoms with E-state index in [2.05, 4.69) is 46.6 Å². The van der Waals surface area contributed by atoms with E-state index in [4.69, 9.17) is 5.11 Å². The van der Waals surface area contributed by atoms with Crippen LogP contribution >= 0.6 is 0 Å². The van der Waals surface area contributed by atoms with Crippen molar-refractivity contribution in [2.24, 2.45) is 11.8 Å². The first-order chi connectivity index (χ1) is 11.7. The van der Waals surface area contributed by atoms with Crippen LogP contribution in [-0.4, -0.2) is 48.2 Å². The number of carboxylic acid groups (broad SMARTS) is 1. The van der Waals surface area contributed by atoms with E-state index < -0.39 is 5.97 Å². The molecule has 1 aliphatic heterocycles. The number of aliphatic carboxylic acids is 1. The number of piperidine rings is 1. The van der Waals surface area contributed by atoms with Crippen LogP contribution in [0.3, 0.4) is 0 Å². The molecule has 1 saturated heterocycles. The third-order valence-corrected chi connectivity index (χ3v) is 5.19. The molecule has 1 aromatic carbocycles. The van der Waals surface area contributed by atoms with Crippen LogP contribution in [0.1, 0.15) is 31.2 Å². The highest BCUT2D eigenvalue weighted by atomic mass is 16.4. The zero-order valence-corrected chi connectivity index (χ0v) is 14.2. The van der Waals surface area contributed by atoms with Crippen LogP contribution in [0.4, 0.5) is 0 Å². The Morgan fingerprint density at radius 2 is 2.00 bits per heavy atom. The minimum absolute atomic E-state index is 0.264. The van der Waals surface area contributed by atoms with Crippen LogP contribution in [0.2, 0.25) is 0 Å². The quantitative estimate of drug-likeness (QED) is 0.770. The summed E-state index contributed by atoms with van der Waals surface area (Å²) in [6.07, 6.45) is 8.45. The van der Waals surface area contributed by atoms with Crippen molar-refractivity contribution in [3.05, 3.63) is 42.0 Å². The molecule has 2 N–H and O–H groups in total. The fraction of sp³-hybridized carbons (Fsp3) is 0.550. The first-order valence-electron chi connectivity index (χ1n) is 9.11. The van der Waals surface area contributed by atoms with Crippen LogP contribution in [0.5, 0.6) is 0 Å². The van der Waals surface area contributed by atoms with Crippen molar-refractivity contribution in [3.63, 3.8) is 0 Å². The minimum atomic E-state index is -0.692. The van der Waals surface area contributed by atoms with E-state index >= 15 is 0 Å². The molecule has 2 atom stereocenters. The summed E-state index contributed by atoms with van der Waals surface area (Å²) in [5.41, 5.74) is 1.27. The Morgan fingerprint density at radius 1 is 1.25 bits per heavy atom. The average molecular weight is 328 g/mol. The van der Waals surface area contributed by atoms with Crippen molar-refractivity contribution in [1.82, 2.24) is 10.2 Å². The second-order valence-corrected chi connectivity index (χ2v) is 7.11. The van der Waals surface area contributed by atoms with Gasteiger partial charge in [0, 0.05) is 12.6 Å². The lowest BCUT2D eigenvalue weighted by molar-refractivity contribution is -0.137. The predicted molar refractivity (Wildman–Crippen MR) is 96.8 cm³/mol. The van der Waals surface area contributed by atoms with Gasteiger partial charge in [-0.2, -0.15) is 0 Å². The van der Waals surface area contributed by atoms with Gasteiger partial charge in [-0.3, -0.25) is 4.79 Å². The van der Waals surface area contributed by atoms with Crippen molar-refractivity contribution < 1.29 is 9.90 Å². The summed E-state index contributed by atoms with van der Waals surface area (Å²) in [4.78, 5) is 12.9. The summed E-state index contributed by atoms with van der Waals surface area (Å²) in [5, 5.41) is 12.5. The molecule has 0 aromatic heterocycles. The van der Waals surface area contributed by atoms with Crippen molar-refractivity contribution in [1.29, 1.82) is 0 Å². The Kier molecular flexibility index (Phi) is 6.05. The second kappa shape index (κ2) is 8.45. The molecule has 4 heteroatoms. The van der Waals surface area contributed by atoms with E-state index in [1.165, 1.54) is 24.8 Å². The standard InChI is InChI=1S/C20H28N2O2/c23-20(24)10-13-22-11-8-17(9-12-22)15-21-19-14-18(19)7-6-16-4-2-1-3-5-16/h1-7,17-19,21H,8-15H2,(H,23,24)/b7-6+. The lowest BCUT2D eigenvalue weighted by Gasteiger charge is -2.31. The van der Waals surface area contributed by atoms with Gasteiger partial charge in [0.05, 0.1) is 6.42 Å². The van der Waals surface area contributed by atoms with Crippen LogP contribution in [0.15, 0.2) is 36.4 Å². The smallest absolute Gasteiger partial charge is 0.304 e. The van der Waals surface area contributed by atoms with Gasteiger partial charge < -0.3 is 15.3 Å². The molecule has 1 aromatic rings. The highest BCUT2D eigenvalue weighted by Crippen LogP contribution is 2.32. The maximum absolute atomic E-state index is 10.6. The van der Waals surface area contributed by atoms with Gasteiger partial charge in [-0.05, 0) is 56.3 Å². The number of hydrogen-bond donors (Lipinski definition) is 2. The number of carbonyl (C=O) groups is 1. The predicted octanol–water partition coefficient (Wildman–Crippen LogP) is 2.86. The molecule has 3 rings (SSSR count). The number of hydrogen-bond acceptors (Lipinski definition) is 3. The highest BCUT2D eigenvalue weighted by molar-refractivity contribution is 5.66. The van der Waals surface area contributed by atoms with E-state index in [1.54, 1.807) is 0 Å². The fourth-order valence-electron chi connectivity index (χ4n) is 3.45. The number of likely N-dealkylation sites (tertiary alicyclic amines) is 1. The Hall–Kier alpha value is -1.65. The second-order valence-electron chi connectivity index (χ2n) is 7.11. The third kappa shape index (κ3) is 5.46. The summed E-state index contributed by atoms with van der Waals surface area (Å²) in [7, 11) is 0. The van der Waals surface area contributed by atoms with Gasteiger partial charge in [0.25, 0.3) is 0 Å². The van der Waals surface area contributed by atoms with Gasteiger partial charge in [-0.25, -0.2) is 0 Å². The zero-order chi connectivity index (χ0) is 16.8. The van der Waals surface area contributed by atoms with Crippen molar-refractivity contribution in [3.8, 4) is 0 Å². The molecular weight excluding hydrogens is 300 g/mol. The summed E-state index contributed by atoms with van der Waals surface area (Å²) in [6.45, 7) is 3.89. The first kappa shape index (κ1) is 17.2. The van der Waals surface area contributed by atoms with Crippen LogP contribution in [-0.2, 0) is 4.79 Å². The summed E-state index contributed by atoms with van der Waals surface area (Å²) in [6, 6.07) is 11.1. The van der Waals surface area contributed by atoms with Crippen molar-refractivity contribution in [2.75, 3.05) is 26.2 Å². The zero-order valence-electron chi connectivity index (χ0n) is 14.2. The van der Waals surface area contributed by atoms with Crippen LogP contribution < -0.4 is 5.32 Å². The van der Waals surface area contributed by atoms with E-state index in [0.717, 1.165) is 25.6 Å². The van der Waals surface area contributed by atoms with E-state index in [0.29, 0.717) is 18.5 Å². The number of benzene rings is 1. The molecule has 2 unspecified atom stereocenters. The van der Waals surface area contributed by atoms with Gasteiger partial charge in [-0.15, -0.1) is 0 Å². The molecule has 1 heterocycles. The molecule has 0 radical (unpaired) electrons. The molecule has 2 aliphatic rings. The van der Waals surface area contributed by atoms with Gasteiger partial charge in [0.1, 0.15) is 0 Å². The molecule has 130 valence electrons. The highest BCUT2D eigenvalue weighted by Gasteiger charge is 2.34. The van der Waals surface area contributed by atoms with Gasteiger partial charge in [0.15, 0.2) is 0 Å². The van der Waals surface area contributed by atoms with Gasteiger partial charge in [0.2, 0.25) is 0 Å². The summed E-state index contributed by atoms with van der Waals surface area (Å²) < 4.78 is 0. The lowest BCUT2D eigenvalue weighted by atomic mass is 9.96. The average Bonchev–Trinajstić information content (AvgIpc) is 3.37. The summed E-state index contributed by atoms with van der Waals surface area (Å²) in [5.74, 6) is 0.730. The van der Waals surface area contributed by atoms with E-state index in [9.17, 15) is 4.79 Å². The van der Waals surface area contributed by atoms with E-state index in [1.807, 2.05) is 6.07 Å². The maximum atomic E-state index is 10.6. The van der Waals surface area contributed by atoms with Crippen molar-refractivity contribution >= 4 is 12.0 Å². The molecule has 0 spiro atoms. The molecule has 1 aliphatic carbocycles. The maximum Gasteiger partial charge on any atom is 0.304 e. The Bertz CT molecular complexity index is 550. The van der Waals surface area contributed by atoms with Crippen LogP contribution in [0, 0.1) is 11.8 Å². The molecule has 1 saturated carbocycles. The normalized spacial score (nSPS) is 25.2. The Balaban J connectivity index is 1.30. The van der Waals surface area contributed by atoms with Crippen molar-refractivity contribution in [2.45, 2.75) is 31.7 Å². The Labute approximate surface area is 144 Å². The molecule has 0 bridgehead atoms. The SMILES string of the molecule is O=C(O)CCN1CCC(CNC2CC2/C=C/c2ccccc2)CC1. The van der Waals surface area contributed by atoms with Crippen LogP contribution in [0.25, 0.3) is 6.08 Å². The number of carboxylic acids is 1. The topological polar surface area (TPSA) is 52.6 Å².